The molecule has 0 aliphatic heterocycles. The Balaban J connectivity index is 2.09. The van der Waals surface area contributed by atoms with Gasteiger partial charge in [-0.2, -0.15) is 0 Å². The summed E-state index contributed by atoms with van der Waals surface area (Å²) in [6.07, 6.45) is 3.36. The molecule has 2 N–H and O–H groups in total. The van der Waals surface area contributed by atoms with Crippen LogP contribution in [0.2, 0.25) is 0 Å². The predicted octanol–water partition coefficient (Wildman–Crippen LogP) is 1.04. The van der Waals surface area contributed by atoms with Crippen molar-refractivity contribution in [3.05, 3.63) is 42.5 Å². The quantitative estimate of drug-likeness (QED) is 0.765. The van der Waals surface area contributed by atoms with Crippen LogP contribution in [0.25, 0.3) is 0 Å². The Kier molecular flexibility index (Phi) is 4.01. The molecule has 5 nitrogen and oxygen atoms in total. The maximum atomic E-state index is 11.9. The SMILES string of the molecule is C=CCNC(=O)c1ccc(S(=O)(=O)NC2CC2)cc1. The molecule has 0 unspecified atom stereocenters. The van der Waals surface area contributed by atoms with Gasteiger partial charge in [0.1, 0.15) is 0 Å². The number of rotatable bonds is 6. The Morgan fingerprint density at radius 2 is 1.95 bits per heavy atom. The number of benzene rings is 1. The lowest BCUT2D eigenvalue weighted by molar-refractivity contribution is 0.0958. The van der Waals surface area contributed by atoms with E-state index < -0.39 is 10.0 Å². The largest absolute Gasteiger partial charge is 0.349 e. The average Bonchev–Trinajstić information content (AvgIpc) is 3.19. The second-order valence-electron chi connectivity index (χ2n) is 4.42. The number of hydrogen-bond acceptors (Lipinski definition) is 3. The van der Waals surface area contributed by atoms with E-state index in [2.05, 4.69) is 16.6 Å². The molecule has 102 valence electrons. The van der Waals surface area contributed by atoms with Crippen molar-refractivity contribution in [3.8, 4) is 0 Å². The fourth-order valence-electron chi connectivity index (χ4n) is 1.54. The van der Waals surface area contributed by atoms with Gasteiger partial charge in [-0.15, -0.1) is 6.58 Å². The fourth-order valence-corrected chi connectivity index (χ4v) is 2.85. The Morgan fingerprint density at radius 3 is 2.47 bits per heavy atom. The standard InChI is InChI=1S/C13H16N2O3S/c1-2-9-14-13(16)10-3-7-12(8-4-10)19(17,18)15-11-5-6-11/h2-4,7-8,11,15H,1,5-6,9H2,(H,14,16). The van der Waals surface area contributed by atoms with Gasteiger partial charge < -0.3 is 5.32 Å². The first kappa shape index (κ1) is 13.8. The highest BCUT2D eigenvalue weighted by Crippen LogP contribution is 2.22. The van der Waals surface area contributed by atoms with Crippen LogP contribution in [0.3, 0.4) is 0 Å². The zero-order valence-corrected chi connectivity index (χ0v) is 11.2. The highest BCUT2D eigenvalue weighted by Gasteiger charge is 2.27. The molecular formula is C13H16N2O3S. The minimum absolute atomic E-state index is 0.0700. The van der Waals surface area contributed by atoms with Crippen molar-refractivity contribution in [1.82, 2.24) is 10.0 Å². The third-order valence-electron chi connectivity index (χ3n) is 2.73. The first-order chi connectivity index (χ1) is 9.03. The second-order valence-corrected chi connectivity index (χ2v) is 6.13. The molecule has 0 atom stereocenters. The summed E-state index contributed by atoms with van der Waals surface area (Å²) in [5.41, 5.74) is 0.423. The molecule has 1 aromatic carbocycles. The summed E-state index contributed by atoms with van der Waals surface area (Å²) in [5.74, 6) is -0.251. The maximum Gasteiger partial charge on any atom is 0.251 e. The molecule has 0 bridgehead atoms. The van der Waals surface area contributed by atoms with E-state index in [4.69, 9.17) is 0 Å². The summed E-state index contributed by atoms with van der Waals surface area (Å²) >= 11 is 0. The zero-order valence-electron chi connectivity index (χ0n) is 10.4. The molecule has 1 saturated carbocycles. The van der Waals surface area contributed by atoms with Crippen LogP contribution < -0.4 is 10.0 Å². The van der Waals surface area contributed by atoms with Crippen molar-refractivity contribution >= 4 is 15.9 Å². The molecular weight excluding hydrogens is 264 g/mol. The van der Waals surface area contributed by atoms with Gasteiger partial charge in [-0.05, 0) is 37.1 Å². The van der Waals surface area contributed by atoms with Crippen LogP contribution in [-0.2, 0) is 10.0 Å². The van der Waals surface area contributed by atoms with Gasteiger partial charge in [-0.3, -0.25) is 4.79 Å². The monoisotopic (exact) mass is 280 g/mol. The fraction of sp³-hybridized carbons (Fsp3) is 0.308. The maximum absolute atomic E-state index is 11.9. The number of nitrogens with one attached hydrogen (secondary N) is 2. The van der Waals surface area contributed by atoms with Crippen LogP contribution in [-0.4, -0.2) is 26.9 Å². The van der Waals surface area contributed by atoms with E-state index in [0.29, 0.717) is 12.1 Å². The van der Waals surface area contributed by atoms with Crippen molar-refractivity contribution in [2.75, 3.05) is 6.54 Å². The molecule has 1 aliphatic carbocycles. The molecule has 1 fully saturated rings. The summed E-state index contributed by atoms with van der Waals surface area (Å²) in [6, 6.07) is 5.95. The average molecular weight is 280 g/mol. The Labute approximate surface area is 112 Å². The van der Waals surface area contributed by atoms with E-state index in [1.165, 1.54) is 24.3 Å². The van der Waals surface area contributed by atoms with E-state index in [9.17, 15) is 13.2 Å². The van der Waals surface area contributed by atoms with Crippen LogP contribution >= 0.6 is 0 Å². The highest BCUT2D eigenvalue weighted by atomic mass is 32.2. The van der Waals surface area contributed by atoms with Gasteiger partial charge in [0.15, 0.2) is 0 Å². The summed E-state index contributed by atoms with van der Waals surface area (Å²) < 4.78 is 26.4. The van der Waals surface area contributed by atoms with E-state index in [0.717, 1.165) is 12.8 Å². The minimum Gasteiger partial charge on any atom is -0.349 e. The van der Waals surface area contributed by atoms with E-state index in [1.807, 2.05) is 0 Å². The van der Waals surface area contributed by atoms with Crippen LogP contribution in [0, 0.1) is 0 Å². The third-order valence-corrected chi connectivity index (χ3v) is 4.27. The van der Waals surface area contributed by atoms with Gasteiger partial charge in [-0.1, -0.05) is 6.08 Å². The predicted molar refractivity (Wildman–Crippen MR) is 72.3 cm³/mol. The Hall–Kier alpha value is -1.66. The van der Waals surface area contributed by atoms with Crippen LogP contribution in [0.5, 0.6) is 0 Å². The molecule has 0 saturated heterocycles. The van der Waals surface area contributed by atoms with Gasteiger partial charge >= 0.3 is 0 Å². The Morgan fingerprint density at radius 1 is 1.32 bits per heavy atom. The van der Waals surface area contributed by atoms with E-state index in [1.54, 1.807) is 6.08 Å². The van der Waals surface area contributed by atoms with Crippen molar-refractivity contribution < 1.29 is 13.2 Å². The molecule has 1 amide bonds. The zero-order chi connectivity index (χ0) is 13.9. The lowest BCUT2D eigenvalue weighted by Crippen LogP contribution is -2.26. The summed E-state index contributed by atoms with van der Waals surface area (Å²) in [7, 11) is -3.45. The van der Waals surface area contributed by atoms with Crippen molar-refractivity contribution in [1.29, 1.82) is 0 Å². The molecule has 2 rings (SSSR count). The van der Waals surface area contributed by atoms with Crippen molar-refractivity contribution in [2.24, 2.45) is 0 Å². The number of sulfonamides is 1. The van der Waals surface area contributed by atoms with E-state index >= 15 is 0 Å². The van der Waals surface area contributed by atoms with Gasteiger partial charge in [0, 0.05) is 18.2 Å². The van der Waals surface area contributed by atoms with Crippen LogP contribution in [0.4, 0.5) is 0 Å². The van der Waals surface area contributed by atoms with E-state index in [-0.39, 0.29) is 16.8 Å². The van der Waals surface area contributed by atoms with Gasteiger partial charge in [0.2, 0.25) is 10.0 Å². The smallest absolute Gasteiger partial charge is 0.251 e. The Bertz CT molecular complexity index is 574. The minimum atomic E-state index is -3.45. The molecule has 1 aromatic rings. The van der Waals surface area contributed by atoms with Crippen molar-refractivity contribution in [2.45, 2.75) is 23.8 Å². The number of amides is 1. The topological polar surface area (TPSA) is 75.3 Å². The summed E-state index contributed by atoms with van der Waals surface area (Å²) in [5, 5.41) is 2.63. The first-order valence-corrected chi connectivity index (χ1v) is 7.53. The lowest BCUT2D eigenvalue weighted by Gasteiger charge is -2.06. The molecule has 0 aromatic heterocycles. The van der Waals surface area contributed by atoms with Crippen LogP contribution in [0.1, 0.15) is 23.2 Å². The third kappa shape index (κ3) is 3.65. The lowest BCUT2D eigenvalue weighted by atomic mass is 10.2. The first-order valence-electron chi connectivity index (χ1n) is 6.04. The molecule has 6 heteroatoms. The molecule has 1 aliphatic rings. The number of hydrogen-bond donors (Lipinski definition) is 2. The number of carbonyl (C=O) groups is 1. The normalized spacial score (nSPS) is 14.9. The molecule has 0 heterocycles. The van der Waals surface area contributed by atoms with Crippen molar-refractivity contribution in [3.63, 3.8) is 0 Å². The van der Waals surface area contributed by atoms with Gasteiger partial charge in [0.25, 0.3) is 5.91 Å². The molecule has 19 heavy (non-hydrogen) atoms. The summed E-state index contributed by atoms with van der Waals surface area (Å²) in [4.78, 5) is 11.8. The highest BCUT2D eigenvalue weighted by molar-refractivity contribution is 7.89. The molecule has 0 radical (unpaired) electrons. The number of carbonyl (C=O) groups excluding carboxylic acids is 1. The molecule has 0 spiro atoms. The van der Waals surface area contributed by atoms with Crippen LogP contribution in [0.15, 0.2) is 41.8 Å². The van der Waals surface area contributed by atoms with Gasteiger partial charge in [-0.25, -0.2) is 13.1 Å². The summed E-state index contributed by atoms with van der Waals surface area (Å²) in [6.45, 7) is 3.88. The second kappa shape index (κ2) is 5.54. The van der Waals surface area contributed by atoms with Gasteiger partial charge in [0.05, 0.1) is 4.90 Å².